The summed E-state index contributed by atoms with van der Waals surface area (Å²) in [4.78, 5) is 35.4. The number of esters is 1. The first-order chi connectivity index (χ1) is 11.8. The minimum Gasteiger partial charge on any atom is -0.456 e. The van der Waals surface area contributed by atoms with Gasteiger partial charge in [0.2, 0.25) is 0 Å². The molecule has 2 aromatic rings. The summed E-state index contributed by atoms with van der Waals surface area (Å²) >= 11 is 6.82. The summed E-state index contributed by atoms with van der Waals surface area (Å²) in [5, 5.41) is 2.09. The van der Waals surface area contributed by atoms with Crippen LogP contribution in [0.2, 0.25) is 4.34 Å². The Hall–Kier alpha value is -2.32. The summed E-state index contributed by atoms with van der Waals surface area (Å²) in [5.74, 6) is -3.39. The molecule has 0 aliphatic carbocycles. The predicted molar refractivity (Wildman–Crippen MR) is 88.8 cm³/mol. The van der Waals surface area contributed by atoms with E-state index in [2.05, 4.69) is 5.32 Å². The topological polar surface area (TPSA) is 72.5 Å². The smallest absolute Gasteiger partial charge is 0.306 e. The number of nitrogens with one attached hydrogen (secondary N) is 1. The summed E-state index contributed by atoms with van der Waals surface area (Å²) < 4.78 is 31.5. The average Bonchev–Trinajstić information content (AvgIpc) is 3.00. The van der Waals surface area contributed by atoms with Crippen molar-refractivity contribution >= 4 is 46.3 Å². The van der Waals surface area contributed by atoms with E-state index in [-0.39, 0.29) is 24.3 Å². The van der Waals surface area contributed by atoms with E-state index in [1.807, 2.05) is 0 Å². The van der Waals surface area contributed by atoms with E-state index in [1.165, 1.54) is 0 Å². The second-order valence-corrected chi connectivity index (χ2v) is 6.58. The molecule has 0 unspecified atom stereocenters. The molecule has 132 valence electrons. The van der Waals surface area contributed by atoms with Gasteiger partial charge < -0.3 is 10.1 Å². The lowest BCUT2D eigenvalue weighted by Crippen LogP contribution is -2.21. The van der Waals surface area contributed by atoms with Gasteiger partial charge in [0.25, 0.3) is 5.91 Å². The lowest BCUT2D eigenvalue weighted by Gasteiger charge is -2.07. The maximum absolute atomic E-state index is 13.4. The van der Waals surface area contributed by atoms with E-state index in [4.69, 9.17) is 16.3 Å². The van der Waals surface area contributed by atoms with E-state index in [1.54, 1.807) is 12.1 Å². The second kappa shape index (κ2) is 8.68. The standard InChI is InChI=1S/C16H12ClF2NO4S/c17-14-5-4-13(25-14)12(21)3-6-16(23)24-8-15(22)20-11-7-9(18)1-2-10(11)19/h1-2,4-5,7H,3,6,8H2,(H,20,22). The van der Waals surface area contributed by atoms with Gasteiger partial charge in [-0.2, -0.15) is 0 Å². The van der Waals surface area contributed by atoms with Crippen molar-refractivity contribution in [1.82, 2.24) is 0 Å². The van der Waals surface area contributed by atoms with Gasteiger partial charge in [-0.3, -0.25) is 14.4 Å². The fourth-order valence-electron chi connectivity index (χ4n) is 1.80. The highest BCUT2D eigenvalue weighted by Crippen LogP contribution is 2.23. The molecule has 0 aliphatic heterocycles. The van der Waals surface area contributed by atoms with E-state index in [0.717, 1.165) is 29.5 Å². The molecule has 1 aromatic heterocycles. The molecule has 0 radical (unpaired) electrons. The Morgan fingerprint density at radius 3 is 2.56 bits per heavy atom. The van der Waals surface area contributed by atoms with Crippen LogP contribution >= 0.6 is 22.9 Å². The fourth-order valence-corrected chi connectivity index (χ4v) is 2.81. The highest BCUT2D eigenvalue weighted by Gasteiger charge is 2.14. The molecule has 2 rings (SSSR count). The van der Waals surface area contributed by atoms with Gasteiger partial charge in [-0.1, -0.05) is 11.6 Å². The van der Waals surface area contributed by atoms with Crippen molar-refractivity contribution in [2.75, 3.05) is 11.9 Å². The molecule has 9 heteroatoms. The molecular weight excluding hydrogens is 376 g/mol. The Morgan fingerprint density at radius 2 is 1.88 bits per heavy atom. The summed E-state index contributed by atoms with van der Waals surface area (Å²) in [5.41, 5.74) is -0.356. The number of hydrogen-bond donors (Lipinski definition) is 1. The number of benzene rings is 1. The van der Waals surface area contributed by atoms with Crippen LogP contribution in [0.3, 0.4) is 0 Å². The van der Waals surface area contributed by atoms with E-state index >= 15 is 0 Å². The first-order valence-corrected chi connectivity index (χ1v) is 8.23. The first-order valence-electron chi connectivity index (χ1n) is 7.04. The van der Waals surface area contributed by atoms with Crippen LogP contribution in [0.1, 0.15) is 22.5 Å². The first kappa shape index (κ1) is 19.0. The normalized spacial score (nSPS) is 10.4. The van der Waals surface area contributed by atoms with Gasteiger partial charge in [0.1, 0.15) is 11.6 Å². The number of thiophene rings is 1. The third-order valence-electron chi connectivity index (χ3n) is 2.97. The zero-order valence-electron chi connectivity index (χ0n) is 12.7. The molecule has 1 heterocycles. The SMILES string of the molecule is O=C(COC(=O)CCC(=O)c1ccc(Cl)s1)Nc1cc(F)ccc1F. The highest BCUT2D eigenvalue weighted by atomic mass is 35.5. The van der Waals surface area contributed by atoms with E-state index in [9.17, 15) is 23.2 Å². The molecule has 0 atom stereocenters. The quantitative estimate of drug-likeness (QED) is 0.579. The fraction of sp³-hybridized carbons (Fsp3) is 0.188. The van der Waals surface area contributed by atoms with Crippen LogP contribution in [0.4, 0.5) is 14.5 Å². The van der Waals surface area contributed by atoms with Gasteiger partial charge in [-0.05, 0) is 24.3 Å². The van der Waals surface area contributed by atoms with Crippen molar-refractivity contribution in [2.24, 2.45) is 0 Å². The van der Waals surface area contributed by atoms with Crippen LogP contribution in [0.25, 0.3) is 0 Å². The third-order valence-corrected chi connectivity index (χ3v) is 4.24. The van der Waals surface area contributed by atoms with Crippen molar-refractivity contribution in [1.29, 1.82) is 0 Å². The lowest BCUT2D eigenvalue weighted by atomic mass is 10.2. The van der Waals surface area contributed by atoms with Crippen molar-refractivity contribution in [2.45, 2.75) is 12.8 Å². The van der Waals surface area contributed by atoms with Crippen molar-refractivity contribution in [3.8, 4) is 0 Å². The number of ether oxygens (including phenoxy) is 1. The number of amides is 1. The van der Waals surface area contributed by atoms with Crippen LogP contribution in [0.15, 0.2) is 30.3 Å². The number of anilines is 1. The number of ketones is 1. The minimum absolute atomic E-state index is 0.0875. The third kappa shape index (κ3) is 5.91. The molecule has 0 bridgehead atoms. The van der Waals surface area contributed by atoms with Crippen LogP contribution in [0, 0.1) is 11.6 Å². The summed E-state index contributed by atoms with van der Waals surface area (Å²) in [6, 6.07) is 5.71. The second-order valence-electron chi connectivity index (χ2n) is 4.86. The molecule has 0 saturated carbocycles. The van der Waals surface area contributed by atoms with Gasteiger partial charge >= 0.3 is 5.97 Å². The number of carbonyl (C=O) groups is 3. The van der Waals surface area contributed by atoms with Crippen LogP contribution < -0.4 is 5.32 Å². The molecule has 0 aliphatic rings. The molecule has 25 heavy (non-hydrogen) atoms. The zero-order valence-corrected chi connectivity index (χ0v) is 14.3. The number of hydrogen-bond acceptors (Lipinski definition) is 5. The van der Waals surface area contributed by atoms with Crippen LogP contribution in [-0.4, -0.2) is 24.3 Å². The number of carbonyl (C=O) groups excluding carboxylic acids is 3. The Bertz CT molecular complexity index is 809. The van der Waals surface area contributed by atoms with Gasteiger partial charge in [-0.15, -0.1) is 11.3 Å². The number of Topliss-reactive ketones (excluding diaryl/α,β-unsaturated/α-hetero) is 1. The monoisotopic (exact) mass is 387 g/mol. The summed E-state index contributed by atoms with van der Waals surface area (Å²) in [6.45, 7) is -0.673. The molecule has 1 amide bonds. The zero-order chi connectivity index (χ0) is 18.4. The Balaban J connectivity index is 1.75. The van der Waals surface area contributed by atoms with Gasteiger partial charge in [0.05, 0.1) is 21.3 Å². The molecule has 5 nitrogen and oxygen atoms in total. The maximum atomic E-state index is 13.4. The Morgan fingerprint density at radius 1 is 1.12 bits per heavy atom. The molecule has 1 N–H and O–H groups in total. The predicted octanol–water partition coefficient (Wildman–Crippen LogP) is 3.82. The van der Waals surface area contributed by atoms with Crippen molar-refractivity contribution in [3.63, 3.8) is 0 Å². The Kier molecular flexibility index (Phi) is 6.60. The molecular formula is C16H12ClF2NO4S. The maximum Gasteiger partial charge on any atom is 0.306 e. The Labute approximate surface area is 150 Å². The van der Waals surface area contributed by atoms with Crippen molar-refractivity contribution in [3.05, 3.63) is 51.2 Å². The largest absolute Gasteiger partial charge is 0.456 e. The number of rotatable bonds is 7. The molecule has 0 spiro atoms. The highest BCUT2D eigenvalue weighted by molar-refractivity contribution is 7.18. The van der Waals surface area contributed by atoms with Gasteiger partial charge in [0.15, 0.2) is 12.4 Å². The summed E-state index contributed by atoms with van der Waals surface area (Å²) in [6.07, 6.45) is -0.300. The minimum atomic E-state index is -0.825. The van der Waals surface area contributed by atoms with Gasteiger partial charge in [-0.25, -0.2) is 8.78 Å². The molecule has 0 fully saturated rings. The molecule has 1 aromatic carbocycles. The van der Waals surface area contributed by atoms with Crippen LogP contribution in [-0.2, 0) is 14.3 Å². The van der Waals surface area contributed by atoms with Crippen LogP contribution in [0.5, 0.6) is 0 Å². The van der Waals surface area contributed by atoms with Gasteiger partial charge in [0, 0.05) is 12.5 Å². The van der Waals surface area contributed by atoms with E-state index < -0.39 is 30.1 Å². The number of halogens is 3. The lowest BCUT2D eigenvalue weighted by molar-refractivity contribution is -0.147. The van der Waals surface area contributed by atoms with E-state index in [0.29, 0.717) is 9.21 Å². The average molecular weight is 388 g/mol. The summed E-state index contributed by atoms with van der Waals surface area (Å²) in [7, 11) is 0. The van der Waals surface area contributed by atoms with Crippen molar-refractivity contribution < 1.29 is 27.9 Å². The molecule has 0 saturated heterocycles.